The van der Waals surface area contributed by atoms with Crippen LogP contribution in [0.15, 0.2) is 24.3 Å². The van der Waals surface area contributed by atoms with Crippen LogP contribution < -0.4 is 10.6 Å². The van der Waals surface area contributed by atoms with Gasteiger partial charge >= 0.3 is 0 Å². The number of rotatable bonds is 6. The quantitative estimate of drug-likeness (QED) is 0.812. The third-order valence-corrected chi connectivity index (χ3v) is 2.87. The molecule has 1 atom stereocenters. The SMILES string of the molecule is CC(=O)N[C@H](C)C(=O)NCc1ccccc1CN(C)C. The summed E-state index contributed by atoms with van der Waals surface area (Å²) in [5.41, 5.74) is 2.27. The highest BCUT2D eigenvalue weighted by molar-refractivity contribution is 5.86. The molecule has 0 heterocycles. The van der Waals surface area contributed by atoms with Crippen LogP contribution in [0.2, 0.25) is 0 Å². The average molecular weight is 277 g/mol. The molecule has 1 aromatic rings. The minimum absolute atomic E-state index is 0.181. The van der Waals surface area contributed by atoms with E-state index in [0.717, 1.165) is 12.1 Å². The standard InChI is InChI=1S/C15H23N3O2/c1-11(17-12(2)19)15(20)16-9-13-7-5-6-8-14(13)10-18(3)4/h5-8,11H,9-10H2,1-4H3,(H,16,20)(H,17,19)/t11-/m1/s1. The topological polar surface area (TPSA) is 61.4 Å². The van der Waals surface area contributed by atoms with Gasteiger partial charge in [0.15, 0.2) is 0 Å². The first-order valence-electron chi connectivity index (χ1n) is 6.66. The van der Waals surface area contributed by atoms with Crippen LogP contribution in [0.25, 0.3) is 0 Å². The molecule has 0 saturated carbocycles. The fourth-order valence-electron chi connectivity index (χ4n) is 1.93. The molecule has 0 aliphatic rings. The Hall–Kier alpha value is -1.88. The second-order valence-electron chi connectivity index (χ2n) is 5.15. The number of carbonyl (C=O) groups is 2. The molecule has 0 radical (unpaired) electrons. The van der Waals surface area contributed by atoms with E-state index in [1.165, 1.54) is 12.5 Å². The summed E-state index contributed by atoms with van der Waals surface area (Å²) in [5.74, 6) is -0.388. The van der Waals surface area contributed by atoms with Crippen molar-refractivity contribution in [1.82, 2.24) is 15.5 Å². The molecule has 0 aromatic heterocycles. The Kier molecular flexibility index (Phi) is 6.18. The normalized spacial score (nSPS) is 12.1. The maximum Gasteiger partial charge on any atom is 0.242 e. The lowest BCUT2D eigenvalue weighted by Gasteiger charge is -2.16. The number of nitrogens with one attached hydrogen (secondary N) is 2. The summed E-state index contributed by atoms with van der Waals surface area (Å²) in [6.45, 7) is 4.36. The second kappa shape index (κ2) is 7.65. The Morgan fingerprint density at radius 3 is 2.35 bits per heavy atom. The summed E-state index contributed by atoms with van der Waals surface area (Å²) < 4.78 is 0. The lowest BCUT2D eigenvalue weighted by molar-refractivity contribution is -0.127. The van der Waals surface area contributed by atoms with Crippen LogP contribution in [0.3, 0.4) is 0 Å². The first-order chi connectivity index (χ1) is 9.40. The Bertz CT molecular complexity index is 472. The van der Waals surface area contributed by atoms with Gasteiger partial charge in [-0.05, 0) is 32.1 Å². The number of nitrogens with zero attached hydrogens (tertiary/aromatic N) is 1. The third kappa shape index (κ3) is 5.40. The molecule has 1 aromatic carbocycles. The van der Waals surface area contributed by atoms with E-state index in [1.807, 2.05) is 32.3 Å². The maximum atomic E-state index is 11.8. The zero-order chi connectivity index (χ0) is 15.1. The van der Waals surface area contributed by atoms with Crippen molar-refractivity contribution in [2.75, 3.05) is 14.1 Å². The fourth-order valence-corrected chi connectivity index (χ4v) is 1.93. The third-order valence-electron chi connectivity index (χ3n) is 2.87. The first-order valence-corrected chi connectivity index (χ1v) is 6.66. The summed E-state index contributed by atoms with van der Waals surface area (Å²) in [5, 5.41) is 5.41. The summed E-state index contributed by atoms with van der Waals surface area (Å²) in [7, 11) is 4.02. The van der Waals surface area contributed by atoms with Gasteiger partial charge in [0.1, 0.15) is 6.04 Å². The highest BCUT2D eigenvalue weighted by Crippen LogP contribution is 2.10. The molecule has 0 unspecified atom stereocenters. The van der Waals surface area contributed by atoms with Crippen LogP contribution >= 0.6 is 0 Å². The molecule has 0 bridgehead atoms. The number of benzene rings is 1. The predicted molar refractivity (Wildman–Crippen MR) is 79.0 cm³/mol. The molecule has 1 rings (SSSR count). The second-order valence-corrected chi connectivity index (χ2v) is 5.15. The van der Waals surface area contributed by atoms with Crippen molar-refractivity contribution in [3.63, 3.8) is 0 Å². The minimum Gasteiger partial charge on any atom is -0.350 e. The molecule has 2 amide bonds. The molecule has 2 N–H and O–H groups in total. The first kappa shape index (κ1) is 16.2. The van der Waals surface area contributed by atoms with E-state index < -0.39 is 6.04 Å². The van der Waals surface area contributed by atoms with Crippen molar-refractivity contribution in [3.05, 3.63) is 35.4 Å². The van der Waals surface area contributed by atoms with Gasteiger partial charge in [0.25, 0.3) is 0 Å². The smallest absolute Gasteiger partial charge is 0.242 e. The molecule has 0 spiro atoms. The Morgan fingerprint density at radius 2 is 1.80 bits per heavy atom. The van der Waals surface area contributed by atoms with Crippen molar-refractivity contribution in [3.8, 4) is 0 Å². The Balaban J connectivity index is 2.61. The van der Waals surface area contributed by atoms with E-state index in [-0.39, 0.29) is 11.8 Å². The molecular formula is C15H23N3O2. The maximum absolute atomic E-state index is 11.8. The Labute approximate surface area is 120 Å². The van der Waals surface area contributed by atoms with Gasteiger partial charge in [-0.3, -0.25) is 9.59 Å². The van der Waals surface area contributed by atoms with Crippen LogP contribution in [0.5, 0.6) is 0 Å². The molecule has 0 saturated heterocycles. The number of amides is 2. The summed E-state index contributed by atoms with van der Waals surface area (Å²) in [6.07, 6.45) is 0. The lowest BCUT2D eigenvalue weighted by atomic mass is 10.1. The van der Waals surface area contributed by atoms with Crippen molar-refractivity contribution in [2.24, 2.45) is 0 Å². The van der Waals surface area contributed by atoms with Crippen LogP contribution in [-0.2, 0) is 22.7 Å². The van der Waals surface area contributed by atoms with E-state index in [9.17, 15) is 9.59 Å². The predicted octanol–water partition coefficient (Wildman–Crippen LogP) is 0.889. The van der Waals surface area contributed by atoms with Crippen LogP contribution in [-0.4, -0.2) is 36.9 Å². The lowest BCUT2D eigenvalue weighted by Crippen LogP contribution is -2.43. The van der Waals surface area contributed by atoms with Gasteiger partial charge in [-0.2, -0.15) is 0 Å². The van der Waals surface area contributed by atoms with Gasteiger partial charge in [0.2, 0.25) is 11.8 Å². The van der Waals surface area contributed by atoms with E-state index in [2.05, 4.69) is 21.6 Å². The van der Waals surface area contributed by atoms with Crippen LogP contribution in [0, 0.1) is 0 Å². The minimum atomic E-state index is -0.520. The van der Waals surface area contributed by atoms with Crippen LogP contribution in [0.1, 0.15) is 25.0 Å². The molecule has 5 heteroatoms. The van der Waals surface area contributed by atoms with Crippen LogP contribution in [0.4, 0.5) is 0 Å². The molecule has 0 fully saturated rings. The van der Waals surface area contributed by atoms with Gasteiger partial charge in [0, 0.05) is 20.0 Å². The molecule has 0 aliphatic carbocycles. The van der Waals surface area contributed by atoms with Crippen molar-refractivity contribution in [1.29, 1.82) is 0 Å². The zero-order valence-electron chi connectivity index (χ0n) is 12.6. The molecular weight excluding hydrogens is 254 g/mol. The van der Waals surface area contributed by atoms with E-state index in [4.69, 9.17) is 0 Å². The van der Waals surface area contributed by atoms with Crippen molar-refractivity contribution >= 4 is 11.8 Å². The average Bonchev–Trinajstić information content (AvgIpc) is 2.35. The number of hydrogen-bond acceptors (Lipinski definition) is 3. The zero-order valence-corrected chi connectivity index (χ0v) is 12.6. The Morgan fingerprint density at radius 1 is 1.20 bits per heavy atom. The highest BCUT2D eigenvalue weighted by Gasteiger charge is 2.13. The van der Waals surface area contributed by atoms with E-state index in [1.54, 1.807) is 6.92 Å². The van der Waals surface area contributed by atoms with Gasteiger partial charge in [0.05, 0.1) is 0 Å². The van der Waals surface area contributed by atoms with Crippen molar-refractivity contribution < 1.29 is 9.59 Å². The van der Waals surface area contributed by atoms with E-state index >= 15 is 0 Å². The molecule has 5 nitrogen and oxygen atoms in total. The van der Waals surface area contributed by atoms with Gasteiger partial charge in [-0.25, -0.2) is 0 Å². The van der Waals surface area contributed by atoms with Gasteiger partial charge in [-0.1, -0.05) is 24.3 Å². The summed E-state index contributed by atoms with van der Waals surface area (Å²) >= 11 is 0. The largest absolute Gasteiger partial charge is 0.350 e. The number of carbonyl (C=O) groups excluding carboxylic acids is 2. The summed E-state index contributed by atoms with van der Waals surface area (Å²) in [4.78, 5) is 24.8. The molecule has 0 aliphatic heterocycles. The highest BCUT2D eigenvalue weighted by atomic mass is 16.2. The number of hydrogen-bond donors (Lipinski definition) is 2. The van der Waals surface area contributed by atoms with Gasteiger partial charge in [-0.15, -0.1) is 0 Å². The van der Waals surface area contributed by atoms with Gasteiger partial charge < -0.3 is 15.5 Å². The molecule has 20 heavy (non-hydrogen) atoms. The molecule has 110 valence electrons. The monoisotopic (exact) mass is 277 g/mol. The fraction of sp³-hybridized carbons (Fsp3) is 0.467. The van der Waals surface area contributed by atoms with Crippen molar-refractivity contribution in [2.45, 2.75) is 33.0 Å². The summed E-state index contributed by atoms with van der Waals surface area (Å²) in [6, 6.07) is 7.48. The van der Waals surface area contributed by atoms with E-state index in [0.29, 0.717) is 6.54 Å².